The third-order valence-corrected chi connectivity index (χ3v) is 4.21. The molecule has 2 rings (SSSR count). The molecule has 0 aromatic heterocycles. The standard InChI is InChI=1S/C14H11O4P.Rb.H/c15-13(11-7-3-1-4-8-11)19(17,18)14(16)12-9-5-2-6-10-12;;/h1-10H,(H,17,18);;/q;+1;-1. The largest absolute Gasteiger partial charge is 1.00 e. The van der Waals surface area contributed by atoms with Crippen LogP contribution >= 0.6 is 7.37 Å². The molecule has 0 bridgehead atoms. The summed E-state index contributed by atoms with van der Waals surface area (Å²) in [5.74, 6) is 0. The summed E-state index contributed by atoms with van der Waals surface area (Å²) in [4.78, 5) is 33.7. The van der Waals surface area contributed by atoms with E-state index in [9.17, 15) is 19.0 Å². The van der Waals surface area contributed by atoms with Gasteiger partial charge in [-0.3, -0.25) is 14.2 Å². The molecule has 0 aliphatic carbocycles. The molecule has 98 valence electrons. The SMILES string of the molecule is O=C(c1ccccc1)P(=O)(O)C(=O)c1ccccc1.[H-].[Rb+]. The minimum atomic E-state index is -4.60. The Kier molecular flexibility index (Phi) is 6.85. The van der Waals surface area contributed by atoms with Crippen LogP contribution in [0.15, 0.2) is 60.7 Å². The zero-order valence-electron chi connectivity index (χ0n) is 11.9. The summed E-state index contributed by atoms with van der Waals surface area (Å²) in [6.07, 6.45) is 0. The van der Waals surface area contributed by atoms with Gasteiger partial charge in [0, 0.05) is 11.1 Å². The van der Waals surface area contributed by atoms with Gasteiger partial charge in [0.15, 0.2) is 0 Å². The van der Waals surface area contributed by atoms with Gasteiger partial charge in [-0.25, -0.2) is 0 Å². The van der Waals surface area contributed by atoms with Crippen LogP contribution in [0.1, 0.15) is 22.1 Å². The summed E-state index contributed by atoms with van der Waals surface area (Å²) in [7, 11) is -4.60. The third kappa shape index (κ3) is 3.91. The third-order valence-electron chi connectivity index (χ3n) is 2.59. The van der Waals surface area contributed by atoms with Crippen LogP contribution in [0.3, 0.4) is 0 Å². The molecule has 6 heteroatoms. The molecule has 0 heterocycles. The van der Waals surface area contributed by atoms with E-state index >= 15 is 0 Å². The molecular formula is C14H12O4PRb. The fourth-order valence-electron chi connectivity index (χ4n) is 1.60. The van der Waals surface area contributed by atoms with Crippen molar-refractivity contribution in [3.8, 4) is 0 Å². The Morgan fingerprint density at radius 2 is 1.10 bits per heavy atom. The van der Waals surface area contributed by atoms with E-state index in [1.54, 1.807) is 36.4 Å². The van der Waals surface area contributed by atoms with Crippen LogP contribution in [0, 0.1) is 0 Å². The van der Waals surface area contributed by atoms with Crippen LogP contribution in [-0.4, -0.2) is 15.9 Å². The van der Waals surface area contributed by atoms with Crippen molar-refractivity contribution in [1.82, 2.24) is 0 Å². The normalized spacial score (nSPS) is 10.4. The van der Waals surface area contributed by atoms with E-state index in [1.807, 2.05) is 0 Å². The Bertz CT molecular complexity index is 606. The van der Waals surface area contributed by atoms with Crippen molar-refractivity contribution >= 4 is 18.4 Å². The topological polar surface area (TPSA) is 71.4 Å². The fraction of sp³-hybridized carbons (Fsp3) is 0. The Morgan fingerprint density at radius 3 is 1.40 bits per heavy atom. The number of hydrogen-bond acceptors (Lipinski definition) is 3. The van der Waals surface area contributed by atoms with E-state index in [4.69, 9.17) is 0 Å². The number of hydrogen-bond donors (Lipinski definition) is 1. The maximum absolute atomic E-state index is 12.1. The predicted octanol–water partition coefficient (Wildman–Crippen LogP) is 0.0541. The van der Waals surface area contributed by atoms with Crippen molar-refractivity contribution in [3.05, 3.63) is 71.8 Å². The van der Waals surface area contributed by atoms with E-state index in [2.05, 4.69) is 0 Å². The van der Waals surface area contributed by atoms with Gasteiger partial charge in [0.2, 0.25) is 0 Å². The molecule has 0 radical (unpaired) electrons. The van der Waals surface area contributed by atoms with E-state index in [0.29, 0.717) is 0 Å². The maximum atomic E-state index is 12.1. The maximum Gasteiger partial charge on any atom is 1.00 e. The van der Waals surface area contributed by atoms with Gasteiger partial charge < -0.3 is 6.32 Å². The molecule has 4 nitrogen and oxygen atoms in total. The quantitative estimate of drug-likeness (QED) is 0.782. The Labute approximate surface area is 166 Å². The van der Waals surface area contributed by atoms with Gasteiger partial charge in [0.05, 0.1) is 0 Å². The second-order valence-electron chi connectivity index (χ2n) is 3.92. The van der Waals surface area contributed by atoms with Crippen LogP contribution in [0.5, 0.6) is 0 Å². The number of rotatable bonds is 4. The molecule has 2 aromatic carbocycles. The van der Waals surface area contributed by atoms with Crippen LogP contribution in [0.2, 0.25) is 0 Å². The molecule has 1 N–H and O–H groups in total. The van der Waals surface area contributed by atoms with E-state index in [-0.39, 0.29) is 70.7 Å². The first-order valence-corrected chi connectivity index (χ1v) is 7.22. The predicted molar refractivity (Wildman–Crippen MR) is 72.5 cm³/mol. The summed E-state index contributed by atoms with van der Waals surface area (Å²) in [5.41, 5.74) is -1.97. The molecule has 0 spiro atoms. The summed E-state index contributed by atoms with van der Waals surface area (Å²) in [5, 5.41) is 0. The van der Waals surface area contributed by atoms with E-state index in [1.165, 1.54) is 24.3 Å². The average Bonchev–Trinajstić information content (AvgIpc) is 2.47. The number of carbonyl (C=O) groups is 2. The van der Waals surface area contributed by atoms with Gasteiger partial charge in [0.25, 0.3) is 11.0 Å². The molecule has 0 amide bonds. The minimum Gasteiger partial charge on any atom is -1.00 e. The minimum absolute atomic E-state index is 0. The Hall–Kier alpha value is -0.225. The summed E-state index contributed by atoms with van der Waals surface area (Å²) in [6, 6.07) is 15.3. The number of carbonyl (C=O) groups excluding carboxylic acids is 2. The van der Waals surface area contributed by atoms with E-state index in [0.717, 1.165) is 0 Å². The molecular weight excluding hydrogens is 349 g/mol. The van der Waals surface area contributed by atoms with Crippen molar-refractivity contribution in [3.63, 3.8) is 0 Å². The van der Waals surface area contributed by atoms with Crippen molar-refractivity contribution < 1.29 is 78.7 Å². The fourth-order valence-corrected chi connectivity index (χ4v) is 2.79. The molecule has 0 aliphatic heterocycles. The summed E-state index contributed by atoms with van der Waals surface area (Å²) < 4.78 is 12.1. The van der Waals surface area contributed by atoms with Gasteiger partial charge in [-0.1, -0.05) is 60.7 Å². The Morgan fingerprint density at radius 1 is 0.800 bits per heavy atom. The molecule has 2 aromatic rings. The van der Waals surface area contributed by atoms with Crippen LogP contribution in [0.25, 0.3) is 0 Å². The van der Waals surface area contributed by atoms with Gasteiger partial charge >= 0.3 is 65.6 Å². The zero-order chi connectivity index (χ0) is 13.9. The molecule has 0 aliphatic rings. The van der Waals surface area contributed by atoms with Crippen molar-refractivity contribution in [2.45, 2.75) is 0 Å². The van der Waals surface area contributed by atoms with Gasteiger partial charge in [-0.15, -0.1) is 0 Å². The second kappa shape index (κ2) is 7.69. The van der Waals surface area contributed by atoms with Gasteiger partial charge in [0.1, 0.15) is 0 Å². The molecule has 0 saturated heterocycles. The summed E-state index contributed by atoms with van der Waals surface area (Å²) >= 11 is 0. The van der Waals surface area contributed by atoms with Gasteiger partial charge in [-0.2, -0.15) is 0 Å². The van der Waals surface area contributed by atoms with Gasteiger partial charge in [-0.05, 0) is 0 Å². The zero-order valence-corrected chi connectivity index (χ0v) is 16.7. The smallest absolute Gasteiger partial charge is 1.00 e. The van der Waals surface area contributed by atoms with E-state index < -0.39 is 18.4 Å². The first-order chi connectivity index (χ1) is 9.03. The molecule has 0 unspecified atom stereocenters. The summed E-state index contributed by atoms with van der Waals surface area (Å²) in [6.45, 7) is 0. The molecule has 0 saturated carbocycles. The first kappa shape index (κ1) is 17.8. The van der Waals surface area contributed by atoms with Crippen LogP contribution in [-0.2, 0) is 4.57 Å². The van der Waals surface area contributed by atoms with Crippen LogP contribution in [0.4, 0.5) is 0 Å². The molecule has 20 heavy (non-hydrogen) atoms. The Balaban J connectivity index is 0.00000200. The second-order valence-corrected chi connectivity index (χ2v) is 5.88. The van der Waals surface area contributed by atoms with Crippen LogP contribution < -0.4 is 58.2 Å². The average molecular weight is 361 g/mol. The van der Waals surface area contributed by atoms with Crippen molar-refractivity contribution in [1.29, 1.82) is 0 Å². The molecule has 0 atom stereocenters. The molecule has 0 fully saturated rings. The van der Waals surface area contributed by atoms with Crippen molar-refractivity contribution in [2.24, 2.45) is 0 Å². The van der Waals surface area contributed by atoms with Crippen molar-refractivity contribution in [2.75, 3.05) is 0 Å². The monoisotopic (exact) mass is 360 g/mol. The first-order valence-electron chi connectivity index (χ1n) is 5.56. The number of benzene rings is 2.